The number of likely N-dealkylation sites (tertiary alicyclic amines) is 1. The lowest BCUT2D eigenvalue weighted by Crippen LogP contribution is -2.47. The summed E-state index contributed by atoms with van der Waals surface area (Å²) >= 11 is 0. The van der Waals surface area contributed by atoms with Crippen molar-refractivity contribution < 1.29 is 9.32 Å². The molecule has 2 aromatic rings. The molecule has 1 amide bonds. The Morgan fingerprint density at radius 2 is 1.96 bits per heavy atom. The Hall–Kier alpha value is -2.17. The van der Waals surface area contributed by atoms with Crippen LogP contribution in [0.2, 0.25) is 0 Å². The molecule has 134 valence electrons. The average molecular weight is 341 g/mol. The van der Waals surface area contributed by atoms with Crippen molar-refractivity contribution in [2.75, 3.05) is 6.54 Å². The number of aryl methyl sites for hydroxylation is 1. The lowest BCUT2D eigenvalue weighted by Gasteiger charge is -2.42. The van der Waals surface area contributed by atoms with Gasteiger partial charge in [-0.25, -0.2) is 0 Å². The highest BCUT2D eigenvalue weighted by Crippen LogP contribution is 2.38. The maximum absolute atomic E-state index is 13.3. The number of aromatic nitrogens is 2. The molecular formula is C20H27N3O2. The predicted molar refractivity (Wildman–Crippen MR) is 97.1 cm³/mol. The molecule has 0 saturated carbocycles. The molecule has 0 N–H and O–H groups in total. The van der Waals surface area contributed by atoms with Crippen molar-refractivity contribution in [2.45, 2.75) is 53.5 Å². The smallest absolute Gasteiger partial charge is 0.259 e. The van der Waals surface area contributed by atoms with Crippen LogP contribution < -0.4 is 0 Å². The third-order valence-electron chi connectivity index (χ3n) is 5.39. The minimum atomic E-state index is 0.0189. The van der Waals surface area contributed by atoms with Crippen LogP contribution in [0.5, 0.6) is 0 Å². The first-order valence-corrected chi connectivity index (χ1v) is 8.96. The van der Waals surface area contributed by atoms with Gasteiger partial charge < -0.3 is 9.42 Å². The number of nitrogens with zero attached hydrogens (tertiary/aromatic N) is 3. The van der Waals surface area contributed by atoms with Gasteiger partial charge in [-0.15, -0.1) is 0 Å². The molecule has 1 saturated heterocycles. The van der Waals surface area contributed by atoms with Crippen LogP contribution in [-0.4, -0.2) is 33.5 Å². The summed E-state index contributed by atoms with van der Waals surface area (Å²) in [6.45, 7) is 11.6. The van der Waals surface area contributed by atoms with Gasteiger partial charge in [-0.2, -0.15) is 0 Å². The Morgan fingerprint density at radius 1 is 1.28 bits per heavy atom. The zero-order valence-electron chi connectivity index (χ0n) is 15.7. The monoisotopic (exact) mass is 341 g/mol. The molecule has 5 nitrogen and oxygen atoms in total. The van der Waals surface area contributed by atoms with Gasteiger partial charge >= 0.3 is 0 Å². The largest absolute Gasteiger partial charge is 0.360 e. The third kappa shape index (κ3) is 3.46. The molecule has 1 aliphatic rings. The lowest BCUT2D eigenvalue weighted by atomic mass is 9.73. The Balaban J connectivity index is 1.87. The first-order valence-electron chi connectivity index (χ1n) is 8.96. The molecule has 1 fully saturated rings. The van der Waals surface area contributed by atoms with Crippen molar-refractivity contribution in [1.82, 2.24) is 15.0 Å². The molecule has 25 heavy (non-hydrogen) atoms. The Labute approximate surface area is 149 Å². The number of rotatable bonds is 2. The molecule has 3 rings (SSSR count). The van der Waals surface area contributed by atoms with Crippen LogP contribution in [-0.2, 0) is 0 Å². The zero-order valence-corrected chi connectivity index (χ0v) is 15.7. The topological polar surface area (TPSA) is 59.2 Å². The van der Waals surface area contributed by atoms with Crippen molar-refractivity contribution in [1.29, 1.82) is 0 Å². The maximum atomic E-state index is 13.3. The number of hydrogen-bond donors (Lipinski definition) is 0. The number of amides is 1. The van der Waals surface area contributed by atoms with Gasteiger partial charge in [0.1, 0.15) is 17.0 Å². The molecule has 3 heterocycles. The second kappa shape index (κ2) is 6.62. The van der Waals surface area contributed by atoms with Gasteiger partial charge in [-0.05, 0) is 50.2 Å². The van der Waals surface area contributed by atoms with Crippen LogP contribution in [0.25, 0.3) is 11.3 Å². The Morgan fingerprint density at radius 3 is 2.56 bits per heavy atom. The van der Waals surface area contributed by atoms with E-state index >= 15 is 0 Å². The van der Waals surface area contributed by atoms with Gasteiger partial charge in [-0.3, -0.25) is 9.78 Å². The molecule has 5 heteroatoms. The van der Waals surface area contributed by atoms with E-state index in [2.05, 4.69) is 37.8 Å². The van der Waals surface area contributed by atoms with E-state index in [-0.39, 0.29) is 17.4 Å². The van der Waals surface area contributed by atoms with Gasteiger partial charge in [-0.1, -0.05) is 25.9 Å². The highest BCUT2D eigenvalue weighted by molar-refractivity contribution is 6.01. The fourth-order valence-corrected chi connectivity index (χ4v) is 3.73. The molecule has 2 atom stereocenters. The number of carbonyl (C=O) groups is 1. The summed E-state index contributed by atoms with van der Waals surface area (Å²) < 4.78 is 5.35. The van der Waals surface area contributed by atoms with Crippen molar-refractivity contribution in [3.63, 3.8) is 0 Å². The Bertz CT molecular complexity index is 746. The van der Waals surface area contributed by atoms with Crippen LogP contribution in [0.1, 0.15) is 56.7 Å². The van der Waals surface area contributed by atoms with E-state index in [0.29, 0.717) is 22.9 Å². The fraction of sp³-hybridized carbons (Fsp3) is 0.550. The van der Waals surface area contributed by atoms with Crippen molar-refractivity contribution in [3.8, 4) is 11.3 Å². The second-order valence-electron chi connectivity index (χ2n) is 8.13. The van der Waals surface area contributed by atoms with E-state index in [9.17, 15) is 4.79 Å². The standard InChI is InChI=1S/C20H27N3O2/c1-13-12-16(20(3,4)5)8-11-23(13)19(24)17-14(2)25-22-18(17)15-6-9-21-10-7-15/h6-7,9-10,13,16H,8,11-12H2,1-5H3. The van der Waals surface area contributed by atoms with Crippen LogP contribution in [0.3, 0.4) is 0 Å². The summed E-state index contributed by atoms with van der Waals surface area (Å²) in [4.78, 5) is 19.3. The van der Waals surface area contributed by atoms with E-state index in [0.717, 1.165) is 24.9 Å². The molecule has 2 aromatic heterocycles. The molecule has 0 radical (unpaired) electrons. The normalized spacial score (nSPS) is 21.4. The molecule has 0 bridgehead atoms. The highest BCUT2D eigenvalue weighted by atomic mass is 16.5. The minimum Gasteiger partial charge on any atom is -0.360 e. The third-order valence-corrected chi connectivity index (χ3v) is 5.39. The summed E-state index contributed by atoms with van der Waals surface area (Å²) in [6.07, 6.45) is 5.47. The van der Waals surface area contributed by atoms with E-state index in [1.54, 1.807) is 19.3 Å². The second-order valence-corrected chi connectivity index (χ2v) is 8.13. The SMILES string of the molecule is Cc1onc(-c2ccncc2)c1C(=O)N1CCC(C(C)(C)C)CC1C. The van der Waals surface area contributed by atoms with Crippen LogP contribution in [0.4, 0.5) is 0 Å². The van der Waals surface area contributed by atoms with Crippen LogP contribution in [0.15, 0.2) is 29.0 Å². The molecular weight excluding hydrogens is 314 g/mol. The van der Waals surface area contributed by atoms with Crippen molar-refractivity contribution in [2.24, 2.45) is 11.3 Å². The predicted octanol–water partition coefficient (Wildman–Crippen LogP) is 4.33. The van der Waals surface area contributed by atoms with E-state index in [4.69, 9.17) is 4.52 Å². The zero-order chi connectivity index (χ0) is 18.2. The summed E-state index contributed by atoms with van der Waals surface area (Å²) in [5.74, 6) is 1.22. The quantitative estimate of drug-likeness (QED) is 0.815. The van der Waals surface area contributed by atoms with Gasteiger partial charge in [0, 0.05) is 30.5 Å². The van der Waals surface area contributed by atoms with E-state index in [1.165, 1.54) is 0 Å². The average Bonchev–Trinajstić information content (AvgIpc) is 2.96. The first-order chi connectivity index (χ1) is 11.8. The highest BCUT2D eigenvalue weighted by Gasteiger charge is 2.36. The first kappa shape index (κ1) is 17.6. The summed E-state index contributed by atoms with van der Waals surface area (Å²) in [5.41, 5.74) is 2.31. The van der Waals surface area contributed by atoms with E-state index in [1.807, 2.05) is 17.0 Å². The van der Waals surface area contributed by atoms with Crippen LogP contribution >= 0.6 is 0 Å². The van der Waals surface area contributed by atoms with Gasteiger partial charge in [0.2, 0.25) is 0 Å². The van der Waals surface area contributed by atoms with Crippen molar-refractivity contribution in [3.05, 3.63) is 35.9 Å². The molecule has 2 unspecified atom stereocenters. The summed E-state index contributed by atoms with van der Waals surface area (Å²) in [6, 6.07) is 3.91. The molecule has 1 aliphatic heterocycles. The summed E-state index contributed by atoms with van der Waals surface area (Å²) in [7, 11) is 0. The van der Waals surface area contributed by atoms with Gasteiger partial charge in [0.15, 0.2) is 0 Å². The van der Waals surface area contributed by atoms with Gasteiger partial charge in [0.05, 0.1) is 0 Å². The lowest BCUT2D eigenvalue weighted by molar-refractivity contribution is 0.0446. The number of hydrogen-bond acceptors (Lipinski definition) is 4. The maximum Gasteiger partial charge on any atom is 0.259 e. The number of piperidine rings is 1. The number of carbonyl (C=O) groups excluding carboxylic acids is 1. The summed E-state index contributed by atoms with van der Waals surface area (Å²) in [5, 5.41) is 4.13. The minimum absolute atomic E-state index is 0.0189. The van der Waals surface area contributed by atoms with Gasteiger partial charge in [0.25, 0.3) is 5.91 Å². The molecule has 0 spiro atoms. The fourth-order valence-electron chi connectivity index (χ4n) is 3.73. The molecule has 0 aromatic carbocycles. The number of pyridine rings is 1. The Kier molecular flexibility index (Phi) is 4.67. The van der Waals surface area contributed by atoms with Crippen molar-refractivity contribution >= 4 is 5.91 Å². The van der Waals surface area contributed by atoms with E-state index < -0.39 is 0 Å². The molecule has 0 aliphatic carbocycles. The van der Waals surface area contributed by atoms with Crippen LogP contribution in [0, 0.1) is 18.3 Å².